The molecule has 0 amide bonds. The van der Waals surface area contributed by atoms with Gasteiger partial charge in [0.25, 0.3) is 0 Å². The molecule has 76 heavy (non-hydrogen) atoms. The van der Waals surface area contributed by atoms with Gasteiger partial charge in [0, 0.05) is 60.4 Å². The SMILES string of the molecule is COc1c(C(C)(C)C)cc(P(C2=C(C3=C(P(c4cc(C(C)(C)C)c(OC)c(C(C)(C)C)c4)c4cc(C(C)(C)C)c(OC)c(C(C)(C)C)c4)OCO3)OCO2)c2cc(C(C)(C)C)c(OC)c(C(C)(C)C)c2)cc1C(C)(C)C. The van der Waals surface area contributed by atoms with Gasteiger partial charge in [0.05, 0.1) is 28.4 Å². The van der Waals surface area contributed by atoms with Gasteiger partial charge in [0.15, 0.2) is 11.0 Å². The first-order valence-corrected chi connectivity index (χ1v) is 29.8. The Bertz CT molecular complexity index is 2380. The lowest BCUT2D eigenvalue weighted by Crippen LogP contribution is -2.27. The second-order valence-corrected chi connectivity index (χ2v) is 33.3. The smallest absolute Gasteiger partial charge is 0.231 e. The standard InChI is InChI=1S/C66H96O8P2/c1-59(2,3)43-29-39(30-44(51(43)67-25)60(4,5)6)75(40-31-45(61(7,8)9)52(68-26)46(32-40)62(10,11)12)57-55(71-37-73-57)56-58(74-38-72-56)76(41-33-47(63(13,14)15)53(69-27)48(34-41)64(16,17)18)42-35-49(65(19,20)21)54(70-28)50(36-42)66(22,23)24/h29-36H,37-38H2,1-28H3. The van der Waals surface area contributed by atoms with E-state index in [0.717, 1.165) is 99.7 Å². The van der Waals surface area contributed by atoms with Crippen molar-refractivity contribution in [1.29, 1.82) is 0 Å². The first-order chi connectivity index (χ1) is 34.6. The molecule has 0 spiro atoms. The Balaban J connectivity index is 1.88. The Kier molecular flexibility index (Phi) is 16.8. The summed E-state index contributed by atoms with van der Waals surface area (Å²) in [5.74, 6) is 4.76. The van der Waals surface area contributed by atoms with Gasteiger partial charge < -0.3 is 37.9 Å². The van der Waals surface area contributed by atoms with Crippen LogP contribution in [0.4, 0.5) is 0 Å². The molecule has 0 aromatic heterocycles. The van der Waals surface area contributed by atoms with Crippen LogP contribution in [-0.2, 0) is 62.3 Å². The lowest BCUT2D eigenvalue weighted by Gasteiger charge is -2.34. The first kappa shape index (κ1) is 60.8. The summed E-state index contributed by atoms with van der Waals surface area (Å²) in [6, 6.07) is 18.9. The Morgan fingerprint density at radius 3 is 0.566 bits per heavy atom. The molecule has 2 aliphatic heterocycles. The van der Waals surface area contributed by atoms with Crippen molar-refractivity contribution in [2.75, 3.05) is 42.0 Å². The minimum absolute atomic E-state index is 0.0140. The minimum Gasteiger partial charge on any atom is -0.496 e. The zero-order valence-electron chi connectivity index (χ0n) is 52.2. The maximum Gasteiger partial charge on any atom is 0.231 e. The van der Waals surface area contributed by atoms with Crippen molar-refractivity contribution in [3.63, 3.8) is 0 Å². The highest BCUT2D eigenvalue weighted by atomic mass is 31.1. The molecular weight excluding hydrogens is 983 g/mol. The van der Waals surface area contributed by atoms with E-state index < -0.39 is 15.8 Å². The predicted molar refractivity (Wildman–Crippen MR) is 322 cm³/mol. The van der Waals surface area contributed by atoms with Crippen molar-refractivity contribution >= 4 is 37.1 Å². The van der Waals surface area contributed by atoms with Crippen LogP contribution >= 0.6 is 15.8 Å². The van der Waals surface area contributed by atoms with Crippen LogP contribution < -0.4 is 40.2 Å². The van der Waals surface area contributed by atoms with E-state index >= 15 is 0 Å². The van der Waals surface area contributed by atoms with E-state index in [-0.39, 0.29) is 56.9 Å². The van der Waals surface area contributed by atoms with Crippen molar-refractivity contribution < 1.29 is 37.9 Å². The number of methoxy groups -OCH3 is 4. The Labute approximate surface area is 462 Å². The fourth-order valence-electron chi connectivity index (χ4n) is 10.3. The van der Waals surface area contributed by atoms with Crippen LogP contribution in [0.3, 0.4) is 0 Å². The van der Waals surface area contributed by atoms with Crippen LogP contribution in [-0.4, -0.2) is 42.0 Å². The quantitative estimate of drug-likeness (QED) is 0.138. The predicted octanol–water partition coefficient (Wildman–Crippen LogP) is 16.0. The van der Waals surface area contributed by atoms with Crippen molar-refractivity contribution in [2.45, 2.75) is 209 Å². The molecule has 0 saturated heterocycles. The molecule has 0 fully saturated rings. The fraction of sp³-hybridized carbons (Fsp3) is 0.576. The molecule has 4 aromatic carbocycles. The van der Waals surface area contributed by atoms with Gasteiger partial charge in [-0.1, -0.05) is 166 Å². The maximum absolute atomic E-state index is 7.05. The second-order valence-electron chi connectivity index (χ2n) is 29.0. The van der Waals surface area contributed by atoms with Gasteiger partial charge in [-0.25, -0.2) is 0 Å². The summed E-state index contributed by atoms with van der Waals surface area (Å²) >= 11 is 0. The highest BCUT2D eigenvalue weighted by molar-refractivity contribution is 7.77. The largest absolute Gasteiger partial charge is 0.496 e. The molecule has 4 aromatic rings. The van der Waals surface area contributed by atoms with E-state index in [1.165, 1.54) is 0 Å². The van der Waals surface area contributed by atoms with E-state index in [2.05, 4.69) is 215 Å². The molecule has 6 rings (SSSR count). The molecule has 0 aliphatic carbocycles. The summed E-state index contributed by atoms with van der Waals surface area (Å²) in [5.41, 5.74) is 8.35. The Morgan fingerprint density at radius 1 is 0.276 bits per heavy atom. The number of benzene rings is 4. The molecular formula is C66H96O8P2. The monoisotopic (exact) mass is 1080 g/mol. The highest BCUT2D eigenvalue weighted by Gasteiger charge is 2.43. The summed E-state index contributed by atoms with van der Waals surface area (Å²) in [6.45, 7) is 54.4. The molecule has 2 aliphatic rings. The lowest BCUT2D eigenvalue weighted by molar-refractivity contribution is 0.0540. The molecule has 0 radical (unpaired) electrons. The zero-order chi connectivity index (χ0) is 57.4. The zero-order valence-corrected chi connectivity index (χ0v) is 54.0. The van der Waals surface area contributed by atoms with Gasteiger partial charge in [-0.15, -0.1) is 0 Å². The van der Waals surface area contributed by atoms with E-state index in [1.807, 2.05) is 0 Å². The van der Waals surface area contributed by atoms with Crippen LogP contribution in [0.25, 0.3) is 0 Å². The van der Waals surface area contributed by atoms with Gasteiger partial charge in [-0.05, 0) is 113 Å². The number of hydrogen-bond acceptors (Lipinski definition) is 8. The second kappa shape index (κ2) is 21.0. The number of rotatable bonds is 11. The molecule has 0 N–H and O–H groups in total. The molecule has 0 unspecified atom stereocenters. The van der Waals surface area contributed by atoms with E-state index in [9.17, 15) is 0 Å². The highest BCUT2D eigenvalue weighted by Crippen LogP contribution is 2.58. The van der Waals surface area contributed by atoms with Crippen LogP contribution in [0, 0.1) is 0 Å². The van der Waals surface area contributed by atoms with Crippen LogP contribution in [0.15, 0.2) is 71.0 Å². The topological polar surface area (TPSA) is 73.8 Å². The van der Waals surface area contributed by atoms with Crippen LogP contribution in [0.5, 0.6) is 23.0 Å². The molecule has 0 saturated carbocycles. The first-order valence-electron chi connectivity index (χ1n) is 27.1. The van der Waals surface area contributed by atoms with Gasteiger partial charge in [0.2, 0.25) is 25.1 Å². The molecule has 8 nitrogen and oxygen atoms in total. The lowest BCUT2D eigenvalue weighted by atomic mass is 9.79. The van der Waals surface area contributed by atoms with Crippen molar-refractivity contribution in [3.8, 4) is 23.0 Å². The molecule has 0 bridgehead atoms. The third-order valence-corrected chi connectivity index (χ3v) is 19.0. The third kappa shape index (κ3) is 12.2. The third-order valence-electron chi connectivity index (χ3n) is 14.4. The Hall–Kier alpha value is -4.38. The summed E-state index contributed by atoms with van der Waals surface area (Å²) in [5, 5.41) is 4.49. The van der Waals surface area contributed by atoms with Crippen LogP contribution in [0.2, 0.25) is 0 Å². The Morgan fingerprint density at radius 2 is 0.434 bits per heavy atom. The van der Waals surface area contributed by atoms with Gasteiger partial charge in [-0.2, -0.15) is 0 Å². The van der Waals surface area contributed by atoms with Crippen molar-refractivity contribution in [1.82, 2.24) is 0 Å². The number of ether oxygens (including phenoxy) is 8. The van der Waals surface area contributed by atoms with Gasteiger partial charge in [-0.3, -0.25) is 0 Å². The average molecular weight is 1080 g/mol. The molecule has 418 valence electrons. The molecule has 0 atom stereocenters. The summed E-state index contributed by atoms with van der Waals surface area (Å²) in [4.78, 5) is 0. The molecule has 10 heteroatoms. The maximum atomic E-state index is 7.05. The van der Waals surface area contributed by atoms with Crippen molar-refractivity contribution in [3.05, 3.63) is 116 Å². The summed E-state index contributed by atoms with van der Waals surface area (Å²) < 4.78 is 53.5. The van der Waals surface area contributed by atoms with Gasteiger partial charge in [0.1, 0.15) is 23.0 Å². The molecule has 2 heterocycles. The minimum atomic E-state index is -1.51. The normalized spacial score (nSPS) is 15.3. The average Bonchev–Trinajstić information content (AvgIpc) is 3.95. The summed E-state index contributed by atoms with van der Waals surface area (Å²) in [6.07, 6.45) is 0. The van der Waals surface area contributed by atoms with E-state index in [4.69, 9.17) is 37.9 Å². The van der Waals surface area contributed by atoms with Gasteiger partial charge >= 0.3 is 0 Å². The van der Waals surface area contributed by atoms with Crippen molar-refractivity contribution in [2.24, 2.45) is 0 Å². The fourth-order valence-corrected chi connectivity index (χ4v) is 15.0. The van der Waals surface area contributed by atoms with E-state index in [1.54, 1.807) is 28.4 Å². The van der Waals surface area contributed by atoms with Crippen LogP contribution in [0.1, 0.15) is 211 Å². The summed E-state index contributed by atoms with van der Waals surface area (Å²) in [7, 11) is 4.16. The van der Waals surface area contributed by atoms with E-state index in [0.29, 0.717) is 11.5 Å². The number of hydrogen-bond donors (Lipinski definition) is 0.